The van der Waals surface area contributed by atoms with Crippen LogP contribution in [-0.2, 0) is 14.4 Å². The van der Waals surface area contributed by atoms with Crippen LogP contribution in [-0.4, -0.2) is 28.9 Å². The second-order valence-corrected chi connectivity index (χ2v) is 4.04. The molecule has 0 aliphatic rings. The monoisotopic (exact) mass is 230 g/mol. The largest absolute Gasteiger partial charge is 0.481 e. The van der Waals surface area contributed by atoms with Crippen molar-refractivity contribution < 1.29 is 19.5 Å². The number of hydrogen-bond acceptors (Lipinski definition) is 4. The van der Waals surface area contributed by atoms with Crippen LogP contribution in [0.2, 0.25) is 0 Å². The molecule has 0 aromatic heterocycles. The quantitative estimate of drug-likeness (QED) is 0.588. The van der Waals surface area contributed by atoms with Gasteiger partial charge in [0.25, 0.3) is 0 Å². The van der Waals surface area contributed by atoms with Gasteiger partial charge in [-0.05, 0) is 12.3 Å². The Balaban J connectivity index is 3.94. The molecule has 0 bridgehead atoms. The summed E-state index contributed by atoms with van der Waals surface area (Å²) in [7, 11) is 0. The lowest BCUT2D eigenvalue weighted by atomic mass is 10.0. The number of carbonyl (C=O) groups excluding carboxylic acids is 2. The Hall–Kier alpha value is -1.43. The second-order valence-electron chi connectivity index (χ2n) is 4.04. The van der Waals surface area contributed by atoms with Crippen LogP contribution in [0.5, 0.6) is 0 Å². The van der Waals surface area contributed by atoms with Crippen LogP contribution in [0.3, 0.4) is 0 Å². The summed E-state index contributed by atoms with van der Waals surface area (Å²) in [5.74, 6) is -1.97. The van der Waals surface area contributed by atoms with Crippen molar-refractivity contribution in [3.63, 3.8) is 0 Å². The van der Waals surface area contributed by atoms with Gasteiger partial charge in [-0.25, -0.2) is 0 Å². The maximum absolute atomic E-state index is 11.3. The van der Waals surface area contributed by atoms with E-state index in [0.717, 1.165) is 0 Å². The minimum absolute atomic E-state index is 0.213. The molecular formula is C10H18N2O4. The van der Waals surface area contributed by atoms with Crippen LogP contribution in [0, 0.1) is 5.92 Å². The summed E-state index contributed by atoms with van der Waals surface area (Å²) in [6.45, 7) is 3.83. The number of hydrogen-bond donors (Lipinski definition) is 3. The van der Waals surface area contributed by atoms with Gasteiger partial charge in [0.05, 0.1) is 12.5 Å². The van der Waals surface area contributed by atoms with Gasteiger partial charge in [-0.1, -0.05) is 13.8 Å². The van der Waals surface area contributed by atoms with E-state index in [-0.39, 0.29) is 18.8 Å². The van der Waals surface area contributed by atoms with Gasteiger partial charge < -0.3 is 10.8 Å². The smallest absolute Gasteiger partial charge is 0.303 e. The molecule has 0 aromatic carbocycles. The molecular weight excluding hydrogens is 212 g/mol. The molecule has 0 saturated carbocycles. The van der Waals surface area contributed by atoms with E-state index in [1.165, 1.54) is 0 Å². The van der Waals surface area contributed by atoms with E-state index in [1.807, 2.05) is 13.8 Å². The van der Waals surface area contributed by atoms with E-state index in [1.54, 1.807) is 0 Å². The van der Waals surface area contributed by atoms with E-state index in [2.05, 4.69) is 5.32 Å². The van der Waals surface area contributed by atoms with Gasteiger partial charge in [-0.3, -0.25) is 19.7 Å². The maximum atomic E-state index is 11.3. The normalized spacial score (nSPS) is 12.2. The van der Waals surface area contributed by atoms with Crippen LogP contribution in [0.1, 0.15) is 33.1 Å². The molecule has 0 saturated heterocycles. The Morgan fingerprint density at radius 3 is 2.25 bits per heavy atom. The fraction of sp³-hybridized carbons (Fsp3) is 0.700. The third kappa shape index (κ3) is 6.94. The van der Waals surface area contributed by atoms with Crippen LogP contribution >= 0.6 is 0 Å². The fourth-order valence-electron chi connectivity index (χ4n) is 1.13. The molecule has 0 radical (unpaired) electrons. The van der Waals surface area contributed by atoms with E-state index < -0.39 is 23.8 Å². The lowest BCUT2D eigenvalue weighted by molar-refractivity contribution is -0.140. The molecule has 92 valence electrons. The van der Waals surface area contributed by atoms with Crippen molar-refractivity contribution in [3.8, 4) is 0 Å². The van der Waals surface area contributed by atoms with Crippen LogP contribution < -0.4 is 11.1 Å². The van der Waals surface area contributed by atoms with Gasteiger partial charge >= 0.3 is 5.97 Å². The first-order valence-electron chi connectivity index (χ1n) is 5.14. The van der Waals surface area contributed by atoms with Gasteiger partial charge in [0.1, 0.15) is 0 Å². The number of rotatable bonds is 6. The molecule has 6 nitrogen and oxygen atoms in total. The summed E-state index contributed by atoms with van der Waals surface area (Å²) in [6, 6.07) is -0.728. The molecule has 0 fully saturated rings. The number of amides is 2. The first-order valence-corrected chi connectivity index (χ1v) is 5.14. The van der Waals surface area contributed by atoms with Gasteiger partial charge in [-0.15, -0.1) is 0 Å². The number of carboxylic acids is 1. The first kappa shape index (κ1) is 14.6. The van der Waals surface area contributed by atoms with Crippen LogP contribution in [0.4, 0.5) is 0 Å². The highest BCUT2D eigenvalue weighted by atomic mass is 16.4. The van der Waals surface area contributed by atoms with Crippen LogP contribution in [0.15, 0.2) is 0 Å². The number of nitrogens with one attached hydrogen (secondary N) is 1. The molecule has 0 rings (SSSR count). The minimum atomic E-state index is -1.07. The molecule has 0 aliphatic carbocycles. The van der Waals surface area contributed by atoms with Gasteiger partial charge in [0, 0.05) is 6.42 Å². The Morgan fingerprint density at radius 1 is 1.25 bits per heavy atom. The molecule has 0 aliphatic heterocycles. The van der Waals surface area contributed by atoms with Crippen molar-refractivity contribution in [2.45, 2.75) is 39.2 Å². The predicted octanol–water partition coefficient (Wildman–Crippen LogP) is -0.133. The molecule has 0 spiro atoms. The number of carbonyl (C=O) groups is 3. The molecule has 1 atom stereocenters. The maximum Gasteiger partial charge on any atom is 0.303 e. The van der Waals surface area contributed by atoms with Crippen molar-refractivity contribution in [1.82, 2.24) is 5.32 Å². The van der Waals surface area contributed by atoms with Gasteiger partial charge in [-0.2, -0.15) is 0 Å². The van der Waals surface area contributed by atoms with Gasteiger partial charge in [0.15, 0.2) is 0 Å². The number of aliphatic carboxylic acids is 1. The summed E-state index contributed by atoms with van der Waals surface area (Å²) < 4.78 is 0. The minimum Gasteiger partial charge on any atom is -0.481 e. The first-order chi connectivity index (χ1) is 7.32. The van der Waals surface area contributed by atoms with E-state index >= 15 is 0 Å². The summed E-state index contributed by atoms with van der Waals surface area (Å²) in [4.78, 5) is 32.6. The topological polar surface area (TPSA) is 109 Å². The van der Waals surface area contributed by atoms with E-state index in [0.29, 0.717) is 6.42 Å². The Bertz CT molecular complexity index is 276. The standard InChI is InChI=1S/C10H18N2O4/c1-6(2)5-7(11)10(16)12-8(13)3-4-9(14)15/h6-7H,3-5,11H2,1-2H3,(H,14,15)(H,12,13,16)/t7-/m0/s1. The second kappa shape index (κ2) is 6.95. The lowest BCUT2D eigenvalue weighted by Gasteiger charge is -2.13. The molecule has 16 heavy (non-hydrogen) atoms. The molecule has 0 heterocycles. The van der Waals surface area contributed by atoms with E-state index in [9.17, 15) is 14.4 Å². The van der Waals surface area contributed by atoms with Crippen molar-refractivity contribution in [3.05, 3.63) is 0 Å². The van der Waals surface area contributed by atoms with Gasteiger partial charge in [0.2, 0.25) is 11.8 Å². The zero-order valence-electron chi connectivity index (χ0n) is 9.53. The molecule has 4 N–H and O–H groups in total. The number of nitrogens with two attached hydrogens (primary N) is 1. The van der Waals surface area contributed by atoms with Crippen LogP contribution in [0.25, 0.3) is 0 Å². The SMILES string of the molecule is CC(C)C[C@H](N)C(=O)NC(=O)CCC(=O)O. The summed E-state index contributed by atoms with van der Waals surface area (Å²) in [5, 5.41) is 10.4. The van der Waals surface area contributed by atoms with E-state index in [4.69, 9.17) is 10.8 Å². The lowest BCUT2D eigenvalue weighted by Crippen LogP contribution is -2.44. The highest BCUT2D eigenvalue weighted by Crippen LogP contribution is 2.02. The van der Waals surface area contributed by atoms with Crippen molar-refractivity contribution in [2.75, 3.05) is 0 Å². The number of imide groups is 1. The fourth-order valence-corrected chi connectivity index (χ4v) is 1.13. The molecule has 0 aromatic rings. The highest BCUT2D eigenvalue weighted by Gasteiger charge is 2.17. The molecule has 2 amide bonds. The zero-order valence-corrected chi connectivity index (χ0v) is 9.53. The van der Waals surface area contributed by atoms with Crippen molar-refractivity contribution >= 4 is 17.8 Å². The Kier molecular flexibility index (Phi) is 6.32. The zero-order chi connectivity index (χ0) is 12.7. The van der Waals surface area contributed by atoms with Crippen molar-refractivity contribution in [2.24, 2.45) is 11.7 Å². The van der Waals surface area contributed by atoms with Crippen molar-refractivity contribution in [1.29, 1.82) is 0 Å². The average molecular weight is 230 g/mol. The summed E-state index contributed by atoms with van der Waals surface area (Å²) in [5.41, 5.74) is 5.54. The average Bonchev–Trinajstić information content (AvgIpc) is 2.13. The molecule has 6 heteroatoms. The molecule has 0 unspecified atom stereocenters. The third-order valence-electron chi connectivity index (χ3n) is 1.89. The third-order valence-corrected chi connectivity index (χ3v) is 1.89. The summed E-state index contributed by atoms with van der Waals surface area (Å²) in [6.07, 6.45) is -0.0218. The Labute approximate surface area is 94.2 Å². The Morgan fingerprint density at radius 2 is 1.81 bits per heavy atom. The predicted molar refractivity (Wildman–Crippen MR) is 57.4 cm³/mol. The number of carboxylic acid groups (broad SMARTS) is 1. The summed E-state index contributed by atoms with van der Waals surface area (Å²) >= 11 is 0. The highest BCUT2D eigenvalue weighted by molar-refractivity contribution is 5.98.